The largest absolute Gasteiger partial charge is 0.481 e. The van der Waals surface area contributed by atoms with Gasteiger partial charge in [0, 0.05) is 0 Å². The molecule has 0 spiro atoms. The molecule has 0 saturated heterocycles. The van der Waals surface area contributed by atoms with E-state index < -0.39 is 29.1 Å². The van der Waals surface area contributed by atoms with Crippen molar-refractivity contribution in [2.24, 2.45) is 29.1 Å². The highest BCUT2D eigenvalue weighted by Gasteiger charge is 2.58. The molecular weight excluding hydrogens is 248 g/mol. The lowest BCUT2D eigenvalue weighted by Gasteiger charge is -2.58. The number of carboxylic acid groups (broad SMARTS) is 2. The van der Waals surface area contributed by atoms with Crippen LogP contribution in [0.4, 0.5) is 0 Å². The van der Waals surface area contributed by atoms with Crippen molar-refractivity contribution in [3.8, 4) is 0 Å². The maximum absolute atomic E-state index is 11.8. The smallest absolute Gasteiger partial charge is 0.373 e. The van der Waals surface area contributed by atoms with Crippen molar-refractivity contribution in [3.63, 3.8) is 0 Å². The van der Waals surface area contributed by atoms with Crippen LogP contribution in [0.2, 0.25) is 0 Å². The summed E-state index contributed by atoms with van der Waals surface area (Å²) in [7, 11) is 0. The van der Waals surface area contributed by atoms with Crippen LogP contribution in [0.25, 0.3) is 0 Å². The van der Waals surface area contributed by atoms with Gasteiger partial charge in [0.05, 0.1) is 0 Å². The minimum atomic E-state index is -1.61. The summed E-state index contributed by atoms with van der Waals surface area (Å²) < 4.78 is 0. The predicted molar refractivity (Wildman–Crippen MR) is 64.4 cm³/mol. The van der Waals surface area contributed by atoms with E-state index in [9.17, 15) is 19.5 Å². The molecule has 2 N–H and O–H groups in total. The first-order valence-corrected chi connectivity index (χ1v) is 6.91. The fourth-order valence-electron chi connectivity index (χ4n) is 5.31. The van der Waals surface area contributed by atoms with Crippen molar-refractivity contribution < 1.29 is 24.6 Å². The van der Waals surface area contributed by atoms with E-state index in [0.717, 1.165) is 38.5 Å². The predicted octanol–water partition coefficient (Wildman–Crippen LogP) is 1.56. The molecule has 0 aliphatic heterocycles. The Morgan fingerprint density at radius 1 is 0.895 bits per heavy atom. The van der Waals surface area contributed by atoms with Gasteiger partial charge >= 0.3 is 11.9 Å². The zero-order valence-corrected chi connectivity index (χ0v) is 10.7. The monoisotopic (exact) mass is 266 g/mol. The lowest BCUT2D eigenvalue weighted by Crippen LogP contribution is -2.54. The molecule has 4 aliphatic rings. The molecule has 0 aromatic heterocycles. The number of hydrogen-bond donors (Lipinski definition) is 2. The normalized spacial score (nSPS) is 40.9. The van der Waals surface area contributed by atoms with Crippen molar-refractivity contribution in [3.05, 3.63) is 0 Å². The van der Waals surface area contributed by atoms with Crippen LogP contribution in [-0.4, -0.2) is 27.9 Å². The van der Waals surface area contributed by atoms with Crippen LogP contribution >= 0.6 is 0 Å². The van der Waals surface area contributed by atoms with Gasteiger partial charge in [-0.15, -0.1) is 0 Å². The van der Waals surface area contributed by atoms with Gasteiger partial charge in [-0.2, -0.15) is 0 Å². The number of carboxylic acids is 2. The van der Waals surface area contributed by atoms with Gasteiger partial charge in [0.1, 0.15) is 5.92 Å². The topological polar surface area (TPSA) is 91.7 Å². The third kappa shape index (κ3) is 1.86. The van der Waals surface area contributed by atoms with Gasteiger partial charge in [0.2, 0.25) is 0 Å². The lowest BCUT2D eigenvalue weighted by molar-refractivity contribution is -0.170. The highest BCUT2D eigenvalue weighted by atomic mass is 16.4. The van der Waals surface area contributed by atoms with Crippen LogP contribution in [-0.2, 0) is 14.4 Å². The molecule has 0 heterocycles. The third-order valence-corrected chi connectivity index (χ3v) is 5.42. The molecule has 4 aliphatic carbocycles. The summed E-state index contributed by atoms with van der Waals surface area (Å²) in [5, 5.41) is 18.3. The summed E-state index contributed by atoms with van der Waals surface area (Å²) in [6.07, 6.45) is 5.55. The molecule has 104 valence electrons. The highest BCUT2D eigenvalue weighted by Crippen LogP contribution is 2.62. The van der Waals surface area contributed by atoms with E-state index >= 15 is 0 Å². The van der Waals surface area contributed by atoms with Crippen molar-refractivity contribution in [1.82, 2.24) is 0 Å². The van der Waals surface area contributed by atoms with E-state index in [1.54, 1.807) is 0 Å². The quantitative estimate of drug-likeness (QED) is 0.595. The number of carbonyl (C=O) groups excluding carboxylic acids is 1. The van der Waals surface area contributed by atoms with Crippen molar-refractivity contribution in [1.29, 1.82) is 0 Å². The maximum atomic E-state index is 11.8. The SMILES string of the molecule is O=C(O)C(=O)C(C(=O)O)C12CC3CC(CC(C3)C1)C2. The molecule has 4 bridgehead atoms. The van der Waals surface area contributed by atoms with Crippen LogP contribution < -0.4 is 0 Å². The summed E-state index contributed by atoms with van der Waals surface area (Å²) in [6, 6.07) is 0. The standard InChI is InChI=1S/C14H18O5/c15-11(13(18)19)10(12(16)17)14-4-7-1-8(5-14)3-9(2-7)6-14/h7-10H,1-6H2,(H,16,17)(H,18,19). The van der Waals surface area contributed by atoms with Crippen molar-refractivity contribution in [2.45, 2.75) is 38.5 Å². The van der Waals surface area contributed by atoms with Gasteiger partial charge in [-0.25, -0.2) is 4.79 Å². The summed E-state index contributed by atoms with van der Waals surface area (Å²) in [5.41, 5.74) is -0.587. The van der Waals surface area contributed by atoms with Crippen molar-refractivity contribution >= 4 is 17.7 Å². The van der Waals surface area contributed by atoms with Crippen LogP contribution in [0, 0.1) is 29.1 Å². The second-order valence-electron chi connectivity index (χ2n) is 6.72. The molecular formula is C14H18O5. The van der Waals surface area contributed by atoms with Gasteiger partial charge in [-0.3, -0.25) is 9.59 Å². The second kappa shape index (κ2) is 4.05. The number of carbonyl (C=O) groups is 3. The molecule has 0 aromatic rings. The summed E-state index contributed by atoms with van der Waals surface area (Å²) in [6.45, 7) is 0. The zero-order chi connectivity index (χ0) is 13.8. The molecule has 5 nitrogen and oxygen atoms in total. The Hall–Kier alpha value is -1.39. The number of Topliss-reactive ketones (excluding diaryl/α,β-unsaturated/α-hetero) is 1. The number of ketones is 1. The van der Waals surface area contributed by atoms with E-state index in [1.807, 2.05) is 0 Å². The Kier molecular flexibility index (Phi) is 2.69. The summed E-state index contributed by atoms with van der Waals surface area (Å²) >= 11 is 0. The Morgan fingerprint density at radius 2 is 1.32 bits per heavy atom. The number of aliphatic carboxylic acids is 2. The fraction of sp³-hybridized carbons (Fsp3) is 0.786. The van der Waals surface area contributed by atoms with Gasteiger partial charge in [-0.1, -0.05) is 0 Å². The Morgan fingerprint density at radius 3 is 1.63 bits per heavy atom. The van der Waals surface area contributed by atoms with Gasteiger partial charge < -0.3 is 10.2 Å². The highest BCUT2D eigenvalue weighted by molar-refractivity contribution is 6.37. The van der Waals surface area contributed by atoms with Gasteiger partial charge in [0.15, 0.2) is 0 Å². The molecule has 5 heteroatoms. The second-order valence-corrected chi connectivity index (χ2v) is 6.72. The molecule has 1 atom stereocenters. The molecule has 1 unspecified atom stereocenters. The molecule has 0 aromatic carbocycles. The lowest BCUT2D eigenvalue weighted by atomic mass is 9.46. The van der Waals surface area contributed by atoms with E-state index in [1.165, 1.54) is 0 Å². The number of rotatable bonds is 4. The van der Waals surface area contributed by atoms with Crippen LogP contribution in [0.1, 0.15) is 38.5 Å². The molecule has 4 fully saturated rings. The van der Waals surface area contributed by atoms with E-state index in [2.05, 4.69) is 0 Å². The molecule has 4 rings (SSSR count). The van der Waals surface area contributed by atoms with Crippen LogP contribution in [0.5, 0.6) is 0 Å². The molecule has 4 saturated carbocycles. The third-order valence-electron chi connectivity index (χ3n) is 5.42. The Balaban J connectivity index is 1.96. The average Bonchev–Trinajstić information content (AvgIpc) is 2.25. The zero-order valence-electron chi connectivity index (χ0n) is 10.7. The van der Waals surface area contributed by atoms with E-state index in [-0.39, 0.29) is 0 Å². The minimum Gasteiger partial charge on any atom is -0.481 e. The first-order chi connectivity index (χ1) is 8.91. The number of hydrogen-bond acceptors (Lipinski definition) is 3. The van der Waals surface area contributed by atoms with Crippen molar-refractivity contribution in [2.75, 3.05) is 0 Å². The first-order valence-electron chi connectivity index (χ1n) is 6.91. The molecule has 19 heavy (non-hydrogen) atoms. The van der Waals surface area contributed by atoms with Gasteiger partial charge in [-0.05, 0) is 61.7 Å². The maximum Gasteiger partial charge on any atom is 0.373 e. The summed E-state index contributed by atoms with van der Waals surface area (Å²) in [4.78, 5) is 34.2. The Bertz CT molecular complexity index is 417. The molecule has 0 amide bonds. The van der Waals surface area contributed by atoms with E-state index in [0.29, 0.717) is 17.8 Å². The van der Waals surface area contributed by atoms with Crippen LogP contribution in [0.15, 0.2) is 0 Å². The van der Waals surface area contributed by atoms with E-state index in [4.69, 9.17) is 5.11 Å². The minimum absolute atomic E-state index is 0.495. The van der Waals surface area contributed by atoms with Crippen LogP contribution in [0.3, 0.4) is 0 Å². The summed E-state index contributed by atoms with van der Waals surface area (Å²) in [5.74, 6) is -3.86. The molecule has 0 radical (unpaired) electrons. The first kappa shape index (κ1) is 12.6. The Labute approximate surface area is 111 Å². The fourth-order valence-corrected chi connectivity index (χ4v) is 5.31. The average molecular weight is 266 g/mol. The van der Waals surface area contributed by atoms with Gasteiger partial charge in [0.25, 0.3) is 5.78 Å².